The largest absolute Gasteiger partial charge is 0.481 e. The summed E-state index contributed by atoms with van der Waals surface area (Å²) in [6.45, 7) is 0.0662. The second-order valence-corrected chi connectivity index (χ2v) is 4.66. The van der Waals surface area contributed by atoms with E-state index in [1.165, 1.54) is 4.90 Å². The number of carbonyl (C=O) groups is 2. The molecule has 19 heavy (non-hydrogen) atoms. The Bertz CT molecular complexity index is 684. The number of H-pyrrole nitrogens is 1. The molecule has 2 aromatic rings. The number of hydrogen-bond acceptors (Lipinski definition) is 4. The number of carboxylic acids is 1. The van der Waals surface area contributed by atoms with E-state index in [0.29, 0.717) is 11.0 Å². The molecule has 0 aromatic carbocycles. The van der Waals surface area contributed by atoms with E-state index in [4.69, 9.17) is 16.7 Å². The summed E-state index contributed by atoms with van der Waals surface area (Å²) in [6, 6.07) is 1.73. The monoisotopic (exact) mass is 280 g/mol. The molecule has 0 aliphatic carbocycles. The molecule has 0 spiro atoms. The summed E-state index contributed by atoms with van der Waals surface area (Å²) < 4.78 is 0. The van der Waals surface area contributed by atoms with Crippen LogP contribution < -0.4 is 4.90 Å². The number of halogens is 1. The van der Waals surface area contributed by atoms with Gasteiger partial charge in [-0.25, -0.2) is 0 Å². The predicted octanol–water partition coefficient (Wildman–Crippen LogP) is 1.05. The van der Waals surface area contributed by atoms with Gasteiger partial charge in [0.25, 0.3) is 0 Å². The summed E-state index contributed by atoms with van der Waals surface area (Å²) in [5.41, 5.74) is 0.515. The first-order chi connectivity index (χ1) is 9.06. The second kappa shape index (κ2) is 4.20. The summed E-state index contributed by atoms with van der Waals surface area (Å²) in [7, 11) is 0. The van der Waals surface area contributed by atoms with Crippen molar-refractivity contribution in [1.29, 1.82) is 0 Å². The van der Waals surface area contributed by atoms with Crippen molar-refractivity contribution in [3.63, 3.8) is 0 Å². The Kier molecular flexibility index (Phi) is 2.63. The number of rotatable bonds is 2. The Morgan fingerprint density at radius 3 is 3.00 bits per heavy atom. The number of nitrogens with zero attached hydrogens (tertiary/aromatic N) is 3. The van der Waals surface area contributed by atoms with Crippen molar-refractivity contribution in [3.8, 4) is 0 Å². The number of carbonyl (C=O) groups excluding carboxylic acids is 1. The first kappa shape index (κ1) is 11.9. The second-order valence-electron chi connectivity index (χ2n) is 4.30. The molecule has 2 aromatic heterocycles. The number of aromatic amines is 1. The standard InChI is InChI=1S/C11H9ClN4O3/c12-8-6-1-2-13-9(6)15-11(14-8)16-4-5(10(18)19)3-7(16)17/h1-2,5H,3-4H2,(H,18,19)(H,13,14,15). The van der Waals surface area contributed by atoms with Crippen molar-refractivity contribution in [2.75, 3.05) is 11.4 Å². The van der Waals surface area contributed by atoms with E-state index in [0.717, 1.165) is 0 Å². The zero-order chi connectivity index (χ0) is 13.6. The topological polar surface area (TPSA) is 99.2 Å². The van der Waals surface area contributed by atoms with Crippen molar-refractivity contribution in [2.45, 2.75) is 6.42 Å². The summed E-state index contributed by atoms with van der Waals surface area (Å²) in [5, 5.41) is 9.83. The van der Waals surface area contributed by atoms with E-state index in [2.05, 4.69) is 15.0 Å². The van der Waals surface area contributed by atoms with Gasteiger partial charge >= 0.3 is 5.97 Å². The maximum absolute atomic E-state index is 11.8. The number of fused-ring (bicyclic) bond motifs is 1. The van der Waals surface area contributed by atoms with E-state index < -0.39 is 11.9 Å². The molecule has 1 fully saturated rings. The zero-order valence-electron chi connectivity index (χ0n) is 9.63. The summed E-state index contributed by atoms with van der Waals surface area (Å²) in [5.74, 6) is -1.90. The molecule has 1 aliphatic heterocycles. The molecule has 98 valence electrons. The summed E-state index contributed by atoms with van der Waals surface area (Å²) >= 11 is 6.00. The first-order valence-corrected chi connectivity index (χ1v) is 5.98. The molecule has 0 saturated carbocycles. The van der Waals surface area contributed by atoms with Gasteiger partial charge in [0, 0.05) is 19.2 Å². The van der Waals surface area contributed by atoms with Crippen LogP contribution in [-0.2, 0) is 9.59 Å². The van der Waals surface area contributed by atoms with Crippen molar-refractivity contribution >= 4 is 40.5 Å². The predicted molar refractivity (Wildman–Crippen MR) is 67.0 cm³/mol. The zero-order valence-corrected chi connectivity index (χ0v) is 10.4. The van der Waals surface area contributed by atoms with Crippen molar-refractivity contribution < 1.29 is 14.7 Å². The molecular weight excluding hydrogens is 272 g/mol. The van der Waals surface area contributed by atoms with E-state index in [1.807, 2.05) is 0 Å². The number of aliphatic carboxylic acids is 1. The molecule has 3 rings (SSSR count). The van der Waals surface area contributed by atoms with Gasteiger partial charge in [0.15, 0.2) is 0 Å². The average molecular weight is 281 g/mol. The third kappa shape index (κ3) is 1.91. The highest BCUT2D eigenvalue weighted by Gasteiger charge is 2.36. The van der Waals surface area contributed by atoms with Crippen molar-refractivity contribution in [3.05, 3.63) is 17.4 Å². The Labute approximate surface area is 112 Å². The molecule has 1 atom stereocenters. The SMILES string of the molecule is O=C(O)C1CC(=O)N(c2nc(Cl)c3cc[nH]c3n2)C1. The van der Waals surface area contributed by atoms with Crippen LogP contribution in [0.4, 0.5) is 5.95 Å². The van der Waals surface area contributed by atoms with Crippen molar-refractivity contribution in [1.82, 2.24) is 15.0 Å². The normalized spacial score (nSPS) is 19.3. The molecule has 0 radical (unpaired) electrons. The number of anilines is 1. The molecule has 1 saturated heterocycles. The molecule has 3 heterocycles. The number of amides is 1. The Balaban J connectivity index is 2.00. The maximum atomic E-state index is 11.8. The van der Waals surface area contributed by atoms with Crippen LogP contribution >= 0.6 is 11.6 Å². The third-order valence-electron chi connectivity index (χ3n) is 3.07. The van der Waals surface area contributed by atoms with Gasteiger partial charge in [0.05, 0.1) is 11.3 Å². The van der Waals surface area contributed by atoms with E-state index in [-0.39, 0.29) is 30.0 Å². The van der Waals surface area contributed by atoms with Crippen LogP contribution in [0.5, 0.6) is 0 Å². The lowest BCUT2D eigenvalue weighted by Crippen LogP contribution is -2.27. The van der Waals surface area contributed by atoms with Gasteiger partial charge in [0.1, 0.15) is 10.8 Å². The fourth-order valence-electron chi connectivity index (χ4n) is 2.08. The van der Waals surface area contributed by atoms with Crippen LogP contribution in [-0.4, -0.2) is 38.5 Å². The Morgan fingerprint density at radius 2 is 2.32 bits per heavy atom. The first-order valence-electron chi connectivity index (χ1n) is 5.60. The number of carboxylic acid groups (broad SMARTS) is 1. The Hall–Kier alpha value is -2.15. The van der Waals surface area contributed by atoms with Gasteiger partial charge in [-0.05, 0) is 6.07 Å². The molecule has 2 N–H and O–H groups in total. The van der Waals surface area contributed by atoms with Gasteiger partial charge in [0.2, 0.25) is 11.9 Å². The van der Waals surface area contributed by atoms with E-state index in [9.17, 15) is 9.59 Å². The Morgan fingerprint density at radius 1 is 1.53 bits per heavy atom. The summed E-state index contributed by atoms with van der Waals surface area (Å²) in [6.07, 6.45) is 1.62. The lowest BCUT2D eigenvalue weighted by Gasteiger charge is -2.13. The van der Waals surface area contributed by atoms with Gasteiger partial charge in [-0.15, -0.1) is 0 Å². The maximum Gasteiger partial charge on any atom is 0.308 e. The van der Waals surface area contributed by atoms with Crippen LogP contribution in [0, 0.1) is 5.92 Å². The van der Waals surface area contributed by atoms with Crippen LogP contribution in [0.1, 0.15) is 6.42 Å². The van der Waals surface area contributed by atoms with E-state index in [1.54, 1.807) is 12.3 Å². The molecular formula is C11H9ClN4O3. The summed E-state index contributed by atoms with van der Waals surface area (Å²) in [4.78, 5) is 35.1. The molecule has 1 unspecified atom stereocenters. The molecule has 7 nitrogen and oxygen atoms in total. The van der Waals surface area contributed by atoms with E-state index >= 15 is 0 Å². The highest BCUT2D eigenvalue weighted by Crippen LogP contribution is 2.26. The third-order valence-corrected chi connectivity index (χ3v) is 3.36. The minimum atomic E-state index is -0.997. The van der Waals surface area contributed by atoms with Crippen LogP contribution in [0.25, 0.3) is 11.0 Å². The van der Waals surface area contributed by atoms with Crippen LogP contribution in [0.3, 0.4) is 0 Å². The molecule has 0 bridgehead atoms. The van der Waals surface area contributed by atoms with Gasteiger partial charge in [-0.3, -0.25) is 14.5 Å². The number of aromatic nitrogens is 3. The minimum Gasteiger partial charge on any atom is -0.481 e. The molecule has 8 heteroatoms. The molecule has 1 aliphatic rings. The van der Waals surface area contributed by atoms with Gasteiger partial charge < -0.3 is 10.1 Å². The average Bonchev–Trinajstić information content (AvgIpc) is 2.95. The highest BCUT2D eigenvalue weighted by atomic mass is 35.5. The highest BCUT2D eigenvalue weighted by molar-refractivity contribution is 6.34. The fourth-order valence-corrected chi connectivity index (χ4v) is 2.31. The van der Waals surface area contributed by atoms with Crippen LogP contribution in [0.15, 0.2) is 12.3 Å². The quantitative estimate of drug-likeness (QED) is 0.801. The minimum absolute atomic E-state index is 0.0426. The fraction of sp³-hybridized carbons (Fsp3) is 0.273. The number of nitrogens with one attached hydrogen (secondary N) is 1. The molecule has 1 amide bonds. The number of hydrogen-bond donors (Lipinski definition) is 2. The lowest BCUT2D eigenvalue weighted by atomic mass is 10.1. The van der Waals surface area contributed by atoms with Crippen LogP contribution in [0.2, 0.25) is 5.15 Å². The van der Waals surface area contributed by atoms with Gasteiger partial charge in [-0.2, -0.15) is 9.97 Å². The smallest absolute Gasteiger partial charge is 0.308 e. The van der Waals surface area contributed by atoms with Gasteiger partial charge in [-0.1, -0.05) is 11.6 Å². The van der Waals surface area contributed by atoms with Crippen molar-refractivity contribution in [2.24, 2.45) is 5.92 Å². The lowest BCUT2D eigenvalue weighted by molar-refractivity contribution is -0.141.